The number of amides is 1. The number of hydrogen-bond acceptors (Lipinski definition) is 4. The van der Waals surface area contributed by atoms with Gasteiger partial charge in [0.1, 0.15) is 11.9 Å². The Kier molecular flexibility index (Phi) is 7.33. The van der Waals surface area contributed by atoms with Crippen LogP contribution >= 0.6 is 11.6 Å². The van der Waals surface area contributed by atoms with Crippen LogP contribution in [0, 0.1) is 5.41 Å². The topological polar surface area (TPSA) is 61.8 Å². The van der Waals surface area contributed by atoms with Gasteiger partial charge in [0, 0.05) is 31.7 Å². The van der Waals surface area contributed by atoms with E-state index >= 15 is 0 Å². The second kappa shape index (κ2) is 9.07. The van der Waals surface area contributed by atoms with Gasteiger partial charge in [-0.1, -0.05) is 32.4 Å². The van der Waals surface area contributed by atoms with Crippen molar-refractivity contribution in [3.63, 3.8) is 0 Å². The average molecular weight is 383 g/mol. The van der Waals surface area contributed by atoms with E-state index in [1.165, 1.54) is 0 Å². The monoisotopic (exact) mass is 382 g/mol. The van der Waals surface area contributed by atoms with Crippen LogP contribution in [0.1, 0.15) is 50.9 Å². The van der Waals surface area contributed by atoms with Gasteiger partial charge < -0.3 is 20.1 Å². The van der Waals surface area contributed by atoms with Crippen LogP contribution in [0.3, 0.4) is 0 Å². The first-order valence-corrected chi connectivity index (χ1v) is 9.67. The number of rotatable bonds is 6. The molecule has 1 fully saturated rings. The van der Waals surface area contributed by atoms with Crippen LogP contribution in [-0.4, -0.2) is 54.3 Å². The molecule has 1 heterocycles. The van der Waals surface area contributed by atoms with Crippen molar-refractivity contribution in [1.82, 2.24) is 10.2 Å². The molecule has 0 unspecified atom stereocenters. The van der Waals surface area contributed by atoms with Gasteiger partial charge >= 0.3 is 0 Å². The minimum Gasteiger partial charge on any atom is -0.489 e. The largest absolute Gasteiger partial charge is 0.489 e. The van der Waals surface area contributed by atoms with Crippen molar-refractivity contribution in [2.75, 3.05) is 26.2 Å². The van der Waals surface area contributed by atoms with Crippen LogP contribution in [0.25, 0.3) is 0 Å². The van der Waals surface area contributed by atoms with E-state index < -0.39 is 6.10 Å². The van der Waals surface area contributed by atoms with Crippen LogP contribution < -0.4 is 10.1 Å². The van der Waals surface area contributed by atoms with Crippen molar-refractivity contribution in [2.45, 2.75) is 52.7 Å². The highest BCUT2D eigenvalue weighted by Gasteiger charge is 2.24. The molecule has 1 aromatic carbocycles. The number of carbonyl (C=O) groups is 1. The zero-order chi connectivity index (χ0) is 19.3. The van der Waals surface area contributed by atoms with Gasteiger partial charge in [-0.25, -0.2) is 0 Å². The molecule has 2 rings (SSSR count). The Balaban J connectivity index is 1.88. The van der Waals surface area contributed by atoms with E-state index in [2.05, 4.69) is 31.0 Å². The number of nitrogens with zero attached hydrogens (tertiary/aromatic N) is 1. The number of carbonyl (C=O) groups excluding carboxylic acids is 1. The van der Waals surface area contributed by atoms with Gasteiger partial charge in [-0.2, -0.15) is 0 Å². The van der Waals surface area contributed by atoms with Crippen molar-refractivity contribution in [3.05, 3.63) is 28.8 Å². The van der Waals surface area contributed by atoms with Crippen LogP contribution in [0.4, 0.5) is 0 Å². The number of hydrogen-bond donors (Lipinski definition) is 2. The normalized spacial score (nSPS) is 17.8. The standard InChI is InChI=1S/C20H31ClN2O3/c1-14(24)12-22-19(25)15-5-6-18(17(21)11-15)26-16-7-9-23(10-8-16)13-20(2,3)4/h5-6,11,14,16,24H,7-10,12-13H2,1-4H3,(H,22,25)/t14-/m0/s1. The number of halogens is 1. The van der Waals surface area contributed by atoms with Crippen LogP contribution in [0.2, 0.25) is 5.02 Å². The van der Waals surface area contributed by atoms with Crippen molar-refractivity contribution in [3.8, 4) is 5.75 Å². The number of piperidine rings is 1. The van der Waals surface area contributed by atoms with Gasteiger partial charge in [0.25, 0.3) is 5.91 Å². The maximum Gasteiger partial charge on any atom is 0.251 e. The summed E-state index contributed by atoms with van der Waals surface area (Å²) < 4.78 is 6.07. The molecule has 5 nitrogen and oxygen atoms in total. The summed E-state index contributed by atoms with van der Waals surface area (Å²) in [4.78, 5) is 14.5. The Morgan fingerprint density at radius 2 is 2.04 bits per heavy atom. The molecule has 1 aromatic rings. The van der Waals surface area contributed by atoms with Gasteiger partial charge in [0.2, 0.25) is 0 Å². The van der Waals surface area contributed by atoms with Crippen molar-refractivity contribution in [2.24, 2.45) is 5.41 Å². The van der Waals surface area contributed by atoms with Crippen LogP contribution in [0.5, 0.6) is 5.75 Å². The van der Waals surface area contributed by atoms with Crippen LogP contribution in [-0.2, 0) is 0 Å². The molecule has 0 saturated carbocycles. The molecule has 0 aromatic heterocycles. The summed E-state index contributed by atoms with van der Waals surface area (Å²) in [6, 6.07) is 5.07. The predicted molar refractivity (Wildman–Crippen MR) is 105 cm³/mol. The van der Waals surface area contributed by atoms with E-state index in [4.69, 9.17) is 16.3 Å². The molecule has 26 heavy (non-hydrogen) atoms. The molecular weight excluding hydrogens is 352 g/mol. The third kappa shape index (κ3) is 6.78. The first-order chi connectivity index (χ1) is 12.1. The van der Waals surface area contributed by atoms with E-state index in [0.717, 1.165) is 32.5 Å². The molecule has 1 aliphatic heterocycles. The molecule has 146 valence electrons. The minimum atomic E-state index is -0.582. The first kappa shape index (κ1) is 21.0. The number of likely N-dealkylation sites (tertiary alicyclic amines) is 1. The molecule has 1 saturated heterocycles. The van der Waals surface area contributed by atoms with Gasteiger partial charge in [-0.3, -0.25) is 4.79 Å². The highest BCUT2D eigenvalue weighted by atomic mass is 35.5. The molecule has 0 aliphatic carbocycles. The summed E-state index contributed by atoms with van der Waals surface area (Å²) in [5.74, 6) is 0.364. The zero-order valence-corrected chi connectivity index (χ0v) is 17.0. The fourth-order valence-corrected chi connectivity index (χ4v) is 3.34. The lowest BCUT2D eigenvalue weighted by Crippen LogP contribution is -2.42. The Morgan fingerprint density at radius 3 is 2.58 bits per heavy atom. The van der Waals surface area contributed by atoms with Crippen LogP contribution in [0.15, 0.2) is 18.2 Å². The molecule has 6 heteroatoms. The lowest BCUT2D eigenvalue weighted by atomic mass is 9.94. The highest BCUT2D eigenvalue weighted by Crippen LogP contribution is 2.29. The Hall–Kier alpha value is -1.30. The van der Waals surface area contributed by atoms with Gasteiger partial charge in [-0.15, -0.1) is 0 Å². The van der Waals surface area contributed by atoms with E-state index in [0.29, 0.717) is 21.8 Å². The minimum absolute atomic E-state index is 0.152. The molecule has 2 N–H and O–H groups in total. The maximum absolute atomic E-state index is 12.0. The quantitative estimate of drug-likeness (QED) is 0.792. The smallest absolute Gasteiger partial charge is 0.251 e. The predicted octanol–water partition coefficient (Wildman–Crippen LogP) is 3.34. The lowest BCUT2D eigenvalue weighted by molar-refractivity contribution is 0.0811. The van der Waals surface area contributed by atoms with Gasteiger partial charge in [-0.05, 0) is 43.4 Å². The fourth-order valence-electron chi connectivity index (χ4n) is 3.12. The molecule has 0 spiro atoms. The van der Waals surface area contributed by atoms with Gasteiger partial charge in [0.15, 0.2) is 0 Å². The average Bonchev–Trinajstić information content (AvgIpc) is 2.54. The third-order valence-electron chi connectivity index (χ3n) is 4.28. The molecule has 1 aliphatic rings. The SMILES string of the molecule is C[C@H](O)CNC(=O)c1ccc(OC2CCN(CC(C)(C)C)CC2)c(Cl)c1. The number of aliphatic hydroxyl groups is 1. The van der Waals surface area contributed by atoms with Crippen molar-refractivity contribution >= 4 is 17.5 Å². The second-order valence-corrected chi connectivity index (χ2v) is 8.77. The van der Waals surface area contributed by atoms with Crippen molar-refractivity contribution in [1.29, 1.82) is 0 Å². The van der Waals surface area contributed by atoms with E-state index in [1.807, 2.05) is 0 Å². The Bertz CT molecular complexity index is 606. The number of nitrogens with one attached hydrogen (secondary N) is 1. The van der Waals surface area contributed by atoms with E-state index in [1.54, 1.807) is 25.1 Å². The molecule has 0 radical (unpaired) electrons. The summed E-state index contributed by atoms with van der Waals surface area (Å²) in [5.41, 5.74) is 0.768. The van der Waals surface area contributed by atoms with E-state index in [-0.39, 0.29) is 18.6 Å². The third-order valence-corrected chi connectivity index (χ3v) is 4.57. The number of ether oxygens (including phenoxy) is 1. The van der Waals surface area contributed by atoms with Crippen molar-refractivity contribution < 1.29 is 14.6 Å². The number of aliphatic hydroxyl groups excluding tert-OH is 1. The summed E-state index contributed by atoms with van der Waals surface area (Å²) in [5, 5.41) is 12.3. The second-order valence-electron chi connectivity index (χ2n) is 8.36. The summed E-state index contributed by atoms with van der Waals surface area (Å²) in [6.07, 6.45) is 1.52. The molecule has 1 amide bonds. The maximum atomic E-state index is 12.0. The van der Waals surface area contributed by atoms with E-state index in [9.17, 15) is 9.90 Å². The Labute approximate surface area is 161 Å². The number of benzene rings is 1. The fraction of sp³-hybridized carbons (Fsp3) is 0.650. The summed E-state index contributed by atoms with van der Waals surface area (Å²) in [7, 11) is 0. The molecular formula is C20H31ClN2O3. The Morgan fingerprint density at radius 1 is 1.38 bits per heavy atom. The summed E-state index contributed by atoms with van der Waals surface area (Å²) in [6.45, 7) is 11.8. The molecule has 0 bridgehead atoms. The first-order valence-electron chi connectivity index (χ1n) is 9.29. The molecule has 1 atom stereocenters. The summed E-state index contributed by atoms with van der Waals surface area (Å²) >= 11 is 6.31. The lowest BCUT2D eigenvalue weighted by Gasteiger charge is -2.36. The van der Waals surface area contributed by atoms with Gasteiger partial charge in [0.05, 0.1) is 11.1 Å². The highest BCUT2D eigenvalue weighted by molar-refractivity contribution is 6.32. The zero-order valence-electron chi connectivity index (χ0n) is 16.2.